The summed E-state index contributed by atoms with van der Waals surface area (Å²) in [6, 6.07) is 23.1. The molecule has 0 saturated carbocycles. The van der Waals surface area contributed by atoms with E-state index in [-0.39, 0.29) is 22.0 Å². The fourth-order valence-corrected chi connectivity index (χ4v) is 10.7. The first kappa shape index (κ1) is 35.8. The number of hydrogen-bond acceptors (Lipinski definition) is 9. The van der Waals surface area contributed by atoms with Crippen molar-refractivity contribution in [1.82, 2.24) is 0 Å². The highest BCUT2D eigenvalue weighted by atomic mass is 32.3. The average Bonchev–Trinajstić information content (AvgIpc) is 3.09. The van der Waals surface area contributed by atoms with Crippen LogP contribution in [0, 0.1) is 12.8 Å². The molecule has 0 N–H and O–H groups in total. The minimum absolute atomic E-state index is 0.0471. The maximum Gasteiger partial charge on any atom is 0.311 e. The average molecular weight is 704 g/mol. The molecule has 1 unspecified atom stereocenters. The summed E-state index contributed by atoms with van der Waals surface area (Å²) in [5.41, 5.74) is 3.07. The zero-order valence-electron chi connectivity index (χ0n) is 28.6. The molecule has 0 fully saturated rings. The van der Waals surface area contributed by atoms with E-state index in [1.165, 1.54) is 37.4 Å². The first-order valence-corrected chi connectivity index (χ1v) is 18.8. The Morgan fingerprint density at radius 1 is 0.918 bits per heavy atom. The lowest BCUT2D eigenvalue weighted by atomic mass is 9.84. The van der Waals surface area contributed by atoms with Gasteiger partial charge in [0.1, 0.15) is 32.2 Å². The van der Waals surface area contributed by atoms with Gasteiger partial charge in [-0.3, -0.25) is 4.79 Å². The van der Waals surface area contributed by atoms with Crippen molar-refractivity contribution in [3.8, 4) is 23.0 Å². The molecule has 0 aromatic heterocycles. The second kappa shape index (κ2) is 14.6. The van der Waals surface area contributed by atoms with Crippen molar-refractivity contribution in [2.75, 3.05) is 21.3 Å². The van der Waals surface area contributed by atoms with Gasteiger partial charge in [-0.25, -0.2) is 8.42 Å². The first-order valence-electron chi connectivity index (χ1n) is 15.8. The lowest BCUT2D eigenvalue weighted by Gasteiger charge is -2.42. The lowest BCUT2D eigenvalue weighted by molar-refractivity contribution is -0.135. The summed E-state index contributed by atoms with van der Waals surface area (Å²) in [7, 11) is -2.74. The van der Waals surface area contributed by atoms with Crippen molar-refractivity contribution >= 4 is 31.6 Å². The molecule has 1 aliphatic rings. The fourth-order valence-electron chi connectivity index (χ4n) is 6.35. The molecule has 9 nitrogen and oxygen atoms in total. The number of ether oxygens (including phenoxy) is 4. The Hall–Kier alpha value is -4.45. The van der Waals surface area contributed by atoms with E-state index in [0.717, 1.165) is 11.1 Å². The van der Waals surface area contributed by atoms with Gasteiger partial charge >= 0.3 is 5.97 Å². The van der Waals surface area contributed by atoms with Gasteiger partial charge in [-0.2, -0.15) is 0 Å². The molecule has 0 spiro atoms. The van der Waals surface area contributed by atoms with Crippen LogP contribution in [-0.4, -0.2) is 45.5 Å². The fraction of sp³-hybridized carbons (Fsp3) is 0.289. The topological polar surface area (TPSA) is 124 Å². The predicted octanol–water partition coefficient (Wildman–Crippen LogP) is 8.08. The highest BCUT2D eigenvalue weighted by Crippen LogP contribution is 2.53. The van der Waals surface area contributed by atoms with Crippen LogP contribution >= 0.6 is 0 Å². The maximum atomic E-state index is 15.5. The van der Waals surface area contributed by atoms with Gasteiger partial charge in [-0.1, -0.05) is 55.0 Å². The minimum atomic E-state index is -4.07. The molecule has 0 bridgehead atoms. The van der Waals surface area contributed by atoms with Crippen LogP contribution in [0.4, 0.5) is 5.69 Å². The van der Waals surface area contributed by atoms with Gasteiger partial charge < -0.3 is 23.5 Å². The van der Waals surface area contributed by atoms with Crippen LogP contribution in [0.25, 0.3) is 0 Å². The summed E-state index contributed by atoms with van der Waals surface area (Å²) in [5, 5.41) is -0.675. The Kier molecular flexibility index (Phi) is 10.7. The summed E-state index contributed by atoms with van der Waals surface area (Å²) in [4.78, 5) is 14.2. The van der Waals surface area contributed by atoms with Crippen LogP contribution in [0.1, 0.15) is 44.2 Å². The normalized spacial score (nSPS) is 19.1. The third-order valence-electron chi connectivity index (χ3n) is 8.57. The van der Waals surface area contributed by atoms with E-state index in [2.05, 4.69) is 6.08 Å². The number of rotatable bonds is 11. The molecule has 5 rings (SSSR count). The summed E-state index contributed by atoms with van der Waals surface area (Å²) >= 11 is 0. The van der Waals surface area contributed by atoms with Gasteiger partial charge in [0, 0.05) is 17.5 Å². The zero-order chi connectivity index (χ0) is 35.5. The Morgan fingerprint density at radius 3 is 2.16 bits per heavy atom. The number of fused-ring (bicyclic) bond motifs is 1. The Morgan fingerprint density at radius 2 is 1.57 bits per heavy atom. The summed E-state index contributed by atoms with van der Waals surface area (Å²) in [6.45, 7) is 7.66. The Balaban J connectivity index is 1.60. The SMILES string of the molecule is COc1ccc(OC(=O)C[C@H](C)[C@@H]2[C@@H](C=C(C)C)c3cc(OC)c(OC)c(C)c3N=[S+]2([O-])c2ccccc2)c(S(=O)(=O)c2ccccc2)c1. The van der Waals surface area contributed by atoms with E-state index in [1.807, 2.05) is 52.0 Å². The molecular weight excluding hydrogens is 663 g/mol. The molecule has 4 aromatic carbocycles. The second-order valence-corrected chi connectivity index (χ2v) is 16.4. The highest BCUT2D eigenvalue weighted by Gasteiger charge is 2.46. The molecule has 11 heteroatoms. The largest absolute Gasteiger partial charge is 0.626 e. The molecule has 49 heavy (non-hydrogen) atoms. The zero-order valence-corrected chi connectivity index (χ0v) is 30.3. The van der Waals surface area contributed by atoms with Crippen LogP contribution in [-0.2, 0) is 24.7 Å². The van der Waals surface area contributed by atoms with Crippen molar-refractivity contribution in [3.63, 3.8) is 0 Å². The van der Waals surface area contributed by atoms with Crippen molar-refractivity contribution in [3.05, 3.63) is 108 Å². The van der Waals surface area contributed by atoms with E-state index in [0.29, 0.717) is 33.4 Å². The smallest absolute Gasteiger partial charge is 0.311 e. The number of hydrogen-bond donors (Lipinski definition) is 0. The number of esters is 1. The highest BCUT2D eigenvalue weighted by molar-refractivity contribution is 8.00. The van der Waals surface area contributed by atoms with Crippen LogP contribution in [0.5, 0.6) is 23.0 Å². The van der Waals surface area contributed by atoms with E-state index < -0.39 is 43.0 Å². The molecule has 4 aromatic rings. The maximum absolute atomic E-state index is 15.5. The van der Waals surface area contributed by atoms with Crippen molar-refractivity contribution in [2.45, 2.75) is 60.0 Å². The minimum Gasteiger partial charge on any atom is -0.626 e. The van der Waals surface area contributed by atoms with Crippen LogP contribution in [0.2, 0.25) is 0 Å². The van der Waals surface area contributed by atoms with Crippen molar-refractivity contribution < 1.29 is 36.7 Å². The molecule has 0 amide bonds. The number of carbonyl (C=O) groups is 1. The van der Waals surface area contributed by atoms with Gasteiger partial charge in [0.25, 0.3) is 0 Å². The third-order valence-corrected chi connectivity index (χ3v) is 13.3. The second-order valence-electron chi connectivity index (χ2n) is 12.2. The number of sulfone groups is 1. The van der Waals surface area contributed by atoms with E-state index in [1.54, 1.807) is 44.6 Å². The summed E-state index contributed by atoms with van der Waals surface area (Å²) in [5.74, 6) is -0.460. The molecule has 1 aliphatic heterocycles. The predicted molar refractivity (Wildman–Crippen MR) is 189 cm³/mol. The number of carbonyl (C=O) groups excluding carboxylic acids is 1. The van der Waals surface area contributed by atoms with E-state index in [9.17, 15) is 13.2 Å². The molecule has 0 aliphatic carbocycles. The monoisotopic (exact) mass is 703 g/mol. The Labute approximate surface area is 289 Å². The van der Waals surface area contributed by atoms with Gasteiger partial charge in [0.2, 0.25) is 9.84 Å². The van der Waals surface area contributed by atoms with Crippen LogP contribution in [0.3, 0.4) is 0 Å². The number of benzene rings is 4. The molecule has 4 atom stereocenters. The Bertz CT molecular complexity index is 2040. The van der Waals surface area contributed by atoms with Crippen molar-refractivity contribution in [1.29, 1.82) is 0 Å². The quantitative estimate of drug-likeness (QED) is 0.0665. The molecular formula is C38H41NO8S2. The van der Waals surface area contributed by atoms with Crippen molar-refractivity contribution in [2.24, 2.45) is 10.3 Å². The van der Waals surface area contributed by atoms with E-state index >= 15 is 4.55 Å². The number of allylic oxidation sites excluding steroid dienone is 2. The van der Waals surface area contributed by atoms with Gasteiger partial charge in [-0.05, 0) is 78.9 Å². The summed E-state index contributed by atoms with van der Waals surface area (Å²) in [6.07, 6.45) is 1.89. The van der Waals surface area contributed by atoms with Gasteiger partial charge in [0.05, 0.1) is 38.6 Å². The van der Waals surface area contributed by atoms with Gasteiger partial charge in [0.15, 0.2) is 11.5 Å². The standard InChI is InChI=1S/C38H41NO8S2/c1-24(2)20-31-30-23-33(45-6)37(46-7)26(4)36(30)39-48(41,28-14-10-8-11-15-28)38(31)25(3)21-35(40)47-32-19-18-27(44-5)22-34(32)49(42,43)29-16-12-9-13-17-29/h8-20,22-23,25,31,38H,21H2,1-7H3/t25-,31-,38+,48?/m0/s1. The molecule has 0 saturated heterocycles. The number of methoxy groups -OCH3 is 3. The van der Waals surface area contributed by atoms with Crippen LogP contribution in [0.15, 0.2) is 116 Å². The van der Waals surface area contributed by atoms with Gasteiger partial charge in [-0.15, -0.1) is 4.36 Å². The lowest BCUT2D eigenvalue weighted by Crippen LogP contribution is -2.41. The van der Waals surface area contributed by atoms with Crippen LogP contribution < -0.4 is 18.9 Å². The third kappa shape index (κ3) is 7.01. The molecule has 1 heterocycles. The molecule has 0 radical (unpaired) electrons. The van der Waals surface area contributed by atoms with E-state index in [4.69, 9.17) is 23.3 Å². The summed E-state index contributed by atoms with van der Waals surface area (Å²) < 4.78 is 70.3. The first-order chi connectivity index (χ1) is 23.3. The molecule has 258 valence electrons. The number of nitrogens with zero attached hydrogens (tertiary/aromatic N) is 1.